The van der Waals surface area contributed by atoms with Crippen LogP contribution in [0.3, 0.4) is 0 Å². The van der Waals surface area contributed by atoms with E-state index in [2.05, 4.69) is 13.8 Å². The maximum absolute atomic E-state index is 5.60. The highest BCUT2D eigenvalue weighted by atomic mass is 35.5. The van der Waals surface area contributed by atoms with Crippen LogP contribution in [-0.2, 0) is 4.74 Å². The van der Waals surface area contributed by atoms with Gasteiger partial charge in [0, 0.05) is 10.3 Å². The molecule has 12 heavy (non-hydrogen) atoms. The second-order valence-corrected chi connectivity index (χ2v) is 5.29. The van der Waals surface area contributed by atoms with Gasteiger partial charge in [0.1, 0.15) is 6.61 Å². The molecule has 0 aromatic rings. The van der Waals surface area contributed by atoms with Crippen LogP contribution < -0.4 is 0 Å². The fourth-order valence-corrected chi connectivity index (χ4v) is 1.68. The molecule has 0 aliphatic rings. The van der Waals surface area contributed by atoms with Crippen molar-refractivity contribution in [1.82, 2.24) is 0 Å². The molecule has 0 rings (SSSR count). The third-order valence-corrected chi connectivity index (χ3v) is 2.24. The summed E-state index contributed by atoms with van der Waals surface area (Å²) in [7, 11) is 0. The van der Waals surface area contributed by atoms with Gasteiger partial charge in [0.15, 0.2) is 0 Å². The molecule has 0 bridgehead atoms. The number of allylic oxidation sites excluding steroid dienone is 1. The van der Waals surface area contributed by atoms with Gasteiger partial charge in [-0.2, -0.15) is 0 Å². The molecule has 0 aliphatic heterocycles. The molecular formula is C8H13ClOS2. The zero-order valence-electron chi connectivity index (χ0n) is 7.46. The first kappa shape index (κ1) is 12.3. The van der Waals surface area contributed by atoms with E-state index in [9.17, 15) is 0 Å². The van der Waals surface area contributed by atoms with Crippen LogP contribution in [0.5, 0.6) is 0 Å². The summed E-state index contributed by atoms with van der Waals surface area (Å²) >= 11 is 12.1. The van der Waals surface area contributed by atoms with Crippen LogP contribution >= 0.6 is 35.6 Å². The summed E-state index contributed by atoms with van der Waals surface area (Å²) in [5, 5.41) is 1.20. The Morgan fingerprint density at radius 1 is 1.67 bits per heavy atom. The fourth-order valence-electron chi connectivity index (χ4n) is 0.451. The molecule has 0 spiro atoms. The van der Waals surface area contributed by atoms with Crippen LogP contribution in [0.4, 0.5) is 0 Å². The summed E-state index contributed by atoms with van der Waals surface area (Å²) in [6.07, 6.45) is 1.79. The first-order valence-corrected chi connectivity index (χ1v) is 5.34. The van der Waals surface area contributed by atoms with Crippen molar-refractivity contribution in [2.75, 3.05) is 6.61 Å². The van der Waals surface area contributed by atoms with E-state index in [0.717, 1.165) is 5.03 Å². The van der Waals surface area contributed by atoms with Gasteiger partial charge in [0.25, 0.3) is 0 Å². The Bertz CT molecular complexity index is 174. The molecule has 4 heteroatoms. The van der Waals surface area contributed by atoms with Crippen LogP contribution in [0, 0.1) is 0 Å². The highest BCUT2D eigenvalue weighted by Gasteiger charge is 2.00. The molecule has 70 valence electrons. The second-order valence-electron chi connectivity index (χ2n) is 2.52. The van der Waals surface area contributed by atoms with Crippen molar-refractivity contribution in [3.63, 3.8) is 0 Å². The smallest absolute Gasteiger partial charge is 0.220 e. The lowest BCUT2D eigenvalue weighted by molar-refractivity contribution is 0.370. The van der Waals surface area contributed by atoms with Gasteiger partial charge >= 0.3 is 0 Å². The molecule has 0 aromatic carbocycles. The maximum atomic E-state index is 5.60. The molecule has 0 unspecified atom stereocenters. The molecule has 0 radical (unpaired) electrons. The Kier molecular flexibility index (Phi) is 6.90. The lowest BCUT2D eigenvalue weighted by Gasteiger charge is -2.06. The number of rotatable bonds is 3. The number of hydrogen-bond acceptors (Lipinski definition) is 3. The highest BCUT2D eigenvalue weighted by molar-refractivity contribution is 8.22. The molecular weight excluding hydrogens is 212 g/mol. The molecule has 0 aliphatic carbocycles. The molecule has 0 saturated heterocycles. The van der Waals surface area contributed by atoms with E-state index in [1.165, 1.54) is 0 Å². The lowest BCUT2D eigenvalue weighted by Crippen LogP contribution is -2.01. The normalized spacial score (nSPS) is 11.9. The summed E-state index contributed by atoms with van der Waals surface area (Å²) in [6, 6.07) is 0. The van der Waals surface area contributed by atoms with Gasteiger partial charge < -0.3 is 4.74 Å². The Balaban J connectivity index is 3.51. The molecule has 1 nitrogen and oxygen atoms in total. The van der Waals surface area contributed by atoms with E-state index in [1.807, 2.05) is 6.92 Å². The standard InChI is InChI=1S/C8H13ClOS2/c1-6(2)12-8(11)10-5-4-7(3)9/h4,6H,5H2,1-3H3. The van der Waals surface area contributed by atoms with Gasteiger partial charge in [-0.15, -0.1) is 0 Å². The van der Waals surface area contributed by atoms with E-state index < -0.39 is 0 Å². The van der Waals surface area contributed by atoms with Crippen LogP contribution in [0.1, 0.15) is 20.8 Å². The van der Waals surface area contributed by atoms with Gasteiger partial charge in [-0.3, -0.25) is 0 Å². The minimum Gasteiger partial charge on any atom is -0.474 e. The predicted octanol–water partition coefficient (Wildman–Crippen LogP) is 3.57. The molecule has 0 heterocycles. The average molecular weight is 225 g/mol. The van der Waals surface area contributed by atoms with Gasteiger partial charge in [0.05, 0.1) is 0 Å². The second kappa shape index (κ2) is 6.75. The Hall–Kier alpha value is 0.270. The summed E-state index contributed by atoms with van der Waals surface area (Å²) in [4.78, 5) is 0. The van der Waals surface area contributed by atoms with E-state index in [-0.39, 0.29) is 0 Å². The summed E-state index contributed by atoms with van der Waals surface area (Å²) in [5.41, 5.74) is 0. The quantitative estimate of drug-likeness (QED) is 0.679. The van der Waals surface area contributed by atoms with Crippen molar-refractivity contribution in [2.24, 2.45) is 0 Å². The zero-order valence-corrected chi connectivity index (χ0v) is 9.85. The number of thiocarbonyl (C=S) groups is 1. The number of thioether (sulfide) groups is 1. The van der Waals surface area contributed by atoms with Crippen LogP contribution in [0.25, 0.3) is 0 Å². The van der Waals surface area contributed by atoms with E-state index in [4.69, 9.17) is 28.6 Å². The first-order valence-electron chi connectivity index (χ1n) is 3.68. The van der Waals surface area contributed by atoms with Crippen molar-refractivity contribution < 1.29 is 4.74 Å². The Morgan fingerprint density at radius 3 is 2.67 bits per heavy atom. The van der Waals surface area contributed by atoms with Crippen molar-refractivity contribution in [3.8, 4) is 0 Å². The molecule has 0 fully saturated rings. The van der Waals surface area contributed by atoms with Crippen LogP contribution in [0.15, 0.2) is 11.1 Å². The third kappa shape index (κ3) is 8.37. The number of ether oxygens (including phenoxy) is 1. The summed E-state index contributed by atoms with van der Waals surface area (Å²) < 4.78 is 5.78. The monoisotopic (exact) mass is 224 g/mol. The van der Waals surface area contributed by atoms with Crippen molar-refractivity contribution in [1.29, 1.82) is 0 Å². The zero-order chi connectivity index (χ0) is 9.56. The third-order valence-electron chi connectivity index (χ3n) is 0.898. The first-order chi connectivity index (χ1) is 5.52. The predicted molar refractivity (Wildman–Crippen MR) is 60.9 cm³/mol. The van der Waals surface area contributed by atoms with Crippen molar-refractivity contribution in [3.05, 3.63) is 11.1 Å². The minimum absolute atomic E-state index is 0.466. The molecule has 0 N–H and O–H groups in total. The molecule has 0 saturated carbocycles. The van der Waals surface area contributed by atoms with Crippen LogP contribution in [-0.4, -0.2) is 16.2 Å². The van der Waals surface area contributed by atoms with Gasteiger partial charge in [-0.25, -0.2) is 0 Å². The Labute approximate surface area is 88.5 Å². The Morgan fingerprint density at radius 2 is 2.25 bits per heavy atom. The molecule has 0 aromatic heterocycles. The lowest BCUT2D eigenvalue weighted by atomic mass is 10.5. The average Bonchev–Trinajstić information content (AvgIpc) is 1.84. The molecule has 0 atom stereocenters. The number of halogens is 1. The topological polar surface area (TPSA) is 9.23 Å². The minimum atomic E-state index is 0.466. The van der Waals surface area contributed by atoms with E-state index in [0.29, 0.717) is 16.2 Å². The van der Waals surface area contributed by atoms with Crippen molar-refractivity contribution in [2.45, 2.75) is 26.0 Å². The van der Waals surface area contributed by atoms with E-state index >= 15 is 0 Å². The van der Waals surface area contributed by atoms with Crippen LogP contribution in [0.2, 0.25) is 0 Å². The molecule has 0 amide bonds. The van der Waals surface area contributed by atoms with Crippen molar-refractivity contribution >= 4 is 40.0 Å². The SMILES string of the molecule is CC(Cl)=CCOC(=S)SC(C)C. The van der Waals surface area contributed by atoms with Gasteiger partial charge in [-0.05, 0) is 25.2 Å². The summed E-state index contributed by atoms with van der Waals surface area (Å²) in [5.74, 6) is 0. The fraction of sp³-hybridized carbons (Fsp3) is 0.625. The highest BCUT2D eigenvalue weighted by Crippen LogP contribution is 2.13. The van der Waals surface area contributed by atoms with E-state index in [1.54, 1.807) is 17.8 Å². The maximum Gasteiger partial charge on any atom is 0.220 e. The number of hydrogen-bond donors (Lipinski definition) is 0. The summed E-state index contributed by atoms with van der Waals surface area (Å²) in [6.45, 7) is 6.42. The largest absolute Gasteiger partial charge is 0.474 e. The van der Waals surface area contributed by atoms with Gasteiger partial charge in [0.2, 0.25) is 4.38 Å². The van der Waals surface area contributed by atoms with Gasteiger partial charge in [-0.1, -0.05) is 37.2 Å².